The van der Waals surface area contributed by atoms with E-state index in [0.717, 1.165) is 17.1 Å². The van der Waals surface area contributed by atoms with Crippen molar-refractivity contribution in [2.75, 3.05) is 5.32 Å². The Morgan fingerprint density at radius 1 is 1.10 bits per heavy atom. The van der Waals surface area contributed by atoms with Crippen LogP contribution in [0.2, 0.25) is 0 Å². The summed E-state index contributed by atoms with van der Waals surface area (Å²) in [4.78, 5) is 8.51. The summed E-state index contributed by atoms with van der Waals surface area (Å²) < 4.78 is 0. The van der Waals surface area contributed by atoms with Crippen LogP contribution in [0.5, 0.6) is 0 Å². The van der Waals surface area contributed by atoms with Crippen LogP contribution >= 0.6 is 0 Å². The van der Waals surface area contributed by atoms with Gasteiger partial charge in [0.25, 0.3) is 0 Å². The minimum absolute atomic E-state index is 0.0387. The summed E-state index contributed by atoms with van der Waals surface area (Å²) in [6.45, 7) is 3.88. The first-order chi connectivity index (χ1) is 9.65. The predicted molar refractivity (Wildman–Crippen MR) is 74.7 cm³/mol. The number of nitrogens with zero attached hydrogens (tertiary/aromatic N) is 4. The van der Waals surface area contributed by atoms with Gasteiger partial charge in [-0.3, -0.25) is 9.97 Å². The summed E-state index contributed by atoms with van der Waals surface area (Å²) in [5.41, 5.74) is 3.23. The number of aromatic nitrogens is 2. The molecule has 0 fully saturated rings. The molecule has 1 N–H and O–H groups in total. The van der Waals surface area contributed by atoms with Gasteiger partial charge < -0.3 is 5.32 Å². The lowest BCUT2D eigenvalue weighted by molar-refractivity contribution is 0.810. The first-order valence-electron chi connectivity index (χ1n) is 6.14. The van der Waals surface area contributed by atoms with Crippen molar-refractivity contribution in [2.24, 2.45) is 0 Å². The van der Waals surface area contributed by atoms with Gasteiger partial charge in [-0.05, 0) is 32.0 Å². The maximum Gasteiger partial charge on any atom is 0.101 e. The van der Waals surface area contributed by atoms with E-state index >= 15 is 0 Å². The molecule has 1 unspecified atom stereocenters. The topological polar surface area (TPSA) is 85.4 Å². The molecule has 1 aromatic heterocycles. The largest absolute Gasteiger partial charge is 0.377 e. The van der Waals surface area contributed by atoms with Crippen molar-refractivity contribution in [3.05, 3.63) is 53.1 Å². The highest BCUT2D eigenvalue weighted by Gasteiger charge is 2.11. The van der Waals surface area contributed by atoms with E-state index < -0.39 is 0 Å². The Labute approximate surface area is 117 Å². The number of benzene rings is 1. The predicted octanol–water partition coefficient (Wildman–Crippen LogP) is 2.70. The van der Waals surface area contributed by atoms with E-state index in [1.54, 1.807) is 30.6 Å². The molecule has 0 saturated heterocycles. The zero-order chi connectivity index (χ0) is 14.5. The highest BCUT2D eigenvalue weighted by atomic mass is 15.0. The summed E-state index contributed by atoms with van der Waals surface area (Å²) in [5, 5.41) is 21.2. The standard InChI is InChI=1S/C15H13N5/c1-10-15(19-6-5-18-10)11(2)20-14-4-3-12(8-16)13(7-14)9-17/h3-7,11,20H,1-2H3. The van der Waals surface area contributed by atoms with Gasteiger partial charge in [-0.1, -0.05) is 0 Å². The third kappa shape index (κ3) is 2.73. The van der Waals surface area contributed by atoms with E-state index in [-0.39, 0.29) is 6.04 Å². The average Bonchev–Trinajstić information content (AvgIpc) is 2.47. The van der Waals surface area contributed by atoms with Crippen molar-refractivity contribution in [1.82, 2.24) is 9.97 Å². The van der Waals surface area contributed by atoms with Gasteiger partial charge in [-0.2, -0.15) is 10.5 Å². The molecule has 98 valence electrons. The second-order valence-corrected chi connectivity index (χ2v) is 4.38. The van der Waals surface area contributed by atoms with Gasteiger partial charge in [0.15, 0.2) is 0 Å². The molecule has 0 aliphatic heterocycles. The zero-order valence-corrected chi connectivity index (χ0v) is 11.3. The molecule has 2 rings (SSSR count). The quantitative estimate of drug-likeness (QED) is 0.920. The molecule has 1 heterocycles. The molecule has 1 aromatic carbocycles. The molecule has 0 spiro atoms. The Hall–Kier alpha value is -2.92. The Kier molecular flexibility index (Phi) is 3.93. The molecule has 5 nitrogen and oxygen atoms in total. The maximum atomic E-state index is 9.02. The third-order valence-electron chi connectivity index (χ3n) is 2.97. The summed E-state index contributed by atoms with van der Waals surface area (Å²) in [7, 11) is 0. The summed E-state index contributed by atoms with van der Waals surface area (Å²) in [6, 6.07) is 9.06. The first-order valence-corrected chi connectivity index (χ1v) is 6.14. The molecule has 0 bridgehead atoms. The van der Waals surface area contributed by atoms with Gasteiger partial charge in [-0.25, -0.2) is 0 Å². The fraction of sp³-hybridized carbons (Fsp3) is 0.200. The first kappa shape index (κ1) is 13.5. The van der Waals surface area contributed by atoms with E-state index in [1.165, 1.54) is 0 Å². The van der Waals surface area contributed by atoms with Crippen molar-refractivity contribution in [3.8, 4) is 12.1 Å². The smallest absolute Gasteiger partial charge is 0.101 e. The highest BCUT2D eigenvalue weighted by Crippen LogP contribution is 2.21. The fourth-order valence-corrected chi connectivity index (χ4v) is 1.99. The Bertz CT molecular complexity index is 709. The second kappa shape index (κ2) is 5.81. The molecular weight excluding hydrogens is 250 g/mol. The van der Waals surface area contributed by atoms with Crippen molar-refractivity contribution in [1.29, 1.82) is 10.5 Å². The van der Waals surface area contributed by atoms with Crippen molar-refractivity contribution >= 4 is 5.69 Å². The number of rotatable bonds is 3. The summed E-state index contributed by atoms with van der Waals surface area (Å²) >= 11 is 0. The molecular formula is C15H13N5. The van der Waals surface area contributed by atoms with E-state index in [0.29, 0.717) is 11.1 Å². The van der Waals surface area contributed by atoms with Crippen LogP contribution in [0.15, 0.2) is 30.6 Å². The van der Waals surface area contributed by atoms with Gasteiger partial charge in [-0.15, -0.1) is 0 Å². The molecule has 0 aliphatic rings. The Morgan fingerprint density at radius 3 is 2.45 bits per heavy atom. The molecule has 1 atom stereocenters. The van der Waals surface area contributed by atoms with Crippen molar-refractivity contribution in [2.45, 2.75) is 19.9 Å². The van der Waals surface area contributed by atoms with Gasteiger partial charge in [0.2, 0.25) is 0 Å². The van der Waals surface area contributed by atoms with Crippen LogP contribution in [0, 0.1) is 29.6 Å². The van der Waals surface area contributed by atoms with Crippen LogP contribution in [0.3, 0.4) is 0 Å². The fourth-order valence-electron chi connectivity index (χ4n) is 1.99. The van der Waals surface area contributed by atoms with Crippen LogP contribution in [-0.4, -0.2) is 9.97 Å². The van der Waals surface area contributed by atoms with E-state index in [4.69, 9.17) is 10.5 Å². The summed E-state index contributed by atoms with van der Waals surface area (Å²) in [5.74, 6) is 0. The summed E-state index contributed by atoms with van der Waals surface area (Å²) in [6.07, 6.45) is 3.31. The minimum atomic E-state index is -0.0387. The third-order valence-corrected chi connectivity index (χ3v) is 2.97. The van der Waals surface area contributed by atoms with E-state index in [2.05, 4.69) is 15.3 Å². The van der Waals surface area contributed by atoms with E-state index in [9.17, 15) is 0 Å². The van der Waals surface area contributed by atoms with Gasteiger partial charge >= 0.3 is 0 Å². The molecule has 2 aromatic rings. The van der Waals surface area contributed by atoms with Crippen LogP contribution in [0.25, 0.3) is 0 Å². The molecule has 0 aliphatic carbocycles. The highest BCUT2D eigenvalue weighted by molar-refractivity contribution is 5.56. The molecule has 0 radical (unpaired) electrons. The number of anilines is 1. The van der Waals surface area contributed by atoms with Crippen LogP contribution in [0.1, 0.15) is 35.5 Å². The normalized spacial score (nSPS) is 11.2. The number of aryl methyl sites for hydroxylation is 1. The SMILES string of the molecule is Cc1nccnc1C(C)Nc1ccc(C#N)c(C#N)c1. The Morgan fingerprint density at radius 2 is 1.80 bits per heavy atom. The molecule has 0 amide bonds. The van der Waals surface area contributed by atoms with Crippen molar-refractivity contribution in [3.63, 3.8) is 0 Å². The van der Waals surface area contributed by atoms with Crippen molar-refractivity contribution < 1.29 is 0 Å². The van der Waals surface area contributed by atoms with Crippen LogP contribution in [-0.2, 0) is 0 Å². The molecule has 20 heavy (non-hydrogen) atoms. The lowest BCUT2D eigenvalue weighted by Gasteiger charge is -2.16. The zero-order valence-electron chi connectivity index (χ0n) is 11.3. The number of hydrogen-bond acceptors (Lipinski definition) is 5. The number of hydrogen-bond donors (Lipinski definition) is 1. The monoisotopic (exact) mass is 263 g/mol. The van der Waals surface area contributed by atoms with Gasteiger partial charge in [0.1, 0.15) is 12.1 Å². The lowest BCUT2D eigenvalue weighted by Crippen LogP contribution is -2.11. The molecule has 5 heteroatoms. The number of nitrogens with one attached hydrogen (secondary N) is 1. The molecule has 0 saturated carbocycles. The number of nitriles is 2. The second-order valence-electron chi connectivity index (χ2n) is 4.38. The Balaban J connectivity index is 2.25. The van der Waals surface area contributed by atoms with E-state index in [1.807, 2.05) is 26.0 Å². The average molecular weight is 263 g/mol. The maximum absolute atomic E-state index is 9.02. The minimum Gasteiger partial charge on any atom is -0.377 e. The van der Waals surface area contributed by atoms with Gasteiger partial charge in [0, 0.05) is 18.1 Å². The van der Waals surface area contributed by atoms with Crippen LogP contribution < -0.4 is 5.32 Å². The van der Waals surface area contributed by atoms with Crippen LogP contribution in [0.4, 0.5) is 5.69 Å². The lowest BCUT2D eigenvalue weighted by atomic mass is 10.1. The van der Waals surface area contributed by atoms with Gasteiger partial charge in [0.05, 0.1) is 28.6 Å².